The van der Waals surface area contributed by atoms with Crippen LogP contribution in [0.15, 0.2) is 41.2 Å². The molecule has 0 aliphatic rings. The second-order valence-corrected chi connectivity index (χ2v) is 6.07. The van der Waals surface area contributed by atoms with Crippen LogP contribution in [0.25, 0.3) is 11.0 Å². The van der Waals surface area contributed by atoms with Crippen LogP contribution in [-0.2, 0) is 0 Å². The lowest BCUT2D eigenvalue weighted by atomic mass is 10.2. The summed E-state index contributed by atoms with van der Waals surface area (Å²) in [7, 11) is 0. The van der Waals surface area contributed by atoms with E-state index in [2.05, 4.69) is 37.9 Å². The minimum atomic E-state index is -0.296. The normalized spacial score (nSPS) is 10.8. The summed E-state index contributed by atoms with van der Waals surface area (Å²) >= 11 is 8.16. The van der Waals surface area contributed by atoms with Crippen LogP contribution in [-0.4, -0.2) is 15.9 Å². The van der Waals surface area contributed by atoms with Gasteiger partial charge in [0.1, 0.15) is 0 Å². The highest BCUT2D eigenvalue weighted by Gasteiger charge is 2.11. The minimum Gasteiger partial charge on any atom is -0.322 e. The van der Waals surface area contributed by atoms with Crippen molar-refractivity contribution < 1.29 is 4.79 Å². The molecule has 5 nitrogen and oxygen atoms in total. The van der Waals surface area contributed by atoms with Gasteiger partial charge in [-0.05, 0) is 59.0 Å². The third-order valence-corrected chi connectivity index (χ3v) is 3.95. The third-order valence-electron chi connectivity index (χ3n) is 2.95. The number of hydrogen-bond donors (Lipinski definition) is 3. The molecule has 1 aromatic heterocycles. The first-order valence-corrected chi connectivity index (χ1v) is 7.47. The van der Waals surface area contributed by atoms with E-state index in [9.17, 15) is 9.59 Å². The van der Waals surface area contributed by atoms with Gasteiger partial charge in [0.05, 0.1) is 21.6 Å². The van der Waals surface area contributed by atoms with Crippen LogP contribution >= 0.6 is 34.2 Å². The van der Waals surface area contributed by atoms with Gasteiger partial charge in [0.2, 0.25) is 0 Å². The molecule has 3 N–H and O–H groups in total. The Hall–Kier alpha value is -1.80. The predicted octanol–water partition coefficient (Wildman–Crippen LogP) is 3.37. The number of imidazole rings is 1. The molecule has 106 valence electrons. The van der Waals surface area contributed by atoms with Crippen LogP contribution in [0.5, 0.6) is 0 Å². The summed E-state index contributed by atoms with van der Waals surface area (Å²) in [6, 6.07) is 10.4. The van der Waals surface area contributed by atoms with Gasteiger partial charge in [0, 0.05) is 9.26 Å². The number of amides is 1. The van der Waals surface area contributed by atoms with E-state index < -0.39 is 0 Å². The molecule has 0 bridgehead atoms. The Kier molecular flexibility index (Phi) is 3.73. The monoisotopic (exact) mass is 413 g/mol. The zero-order valence-corrected chi connectivity index (χ0v) is 13.4. The number of benzene rings is 2. The van der Waals surface area contributed by atoms with Gasteiger partial charge in [-0.15, -0.1) is 0 Å². The van der Waals surface area contributed by atoms with Crippen molar-refractivity contribution in [1.29, 1.82) is 0 Å². The third kappa shape index (κ3) is 2.96. The number of fused-ring (bicyclic) bond motifs is 1. The van der Waals surface area contributed by atoms with E-state index >= 15 is 0 Å². The topological polar surface area (TPSA) is 77.8 Å². The number of carbonyl (C=O) groups is 1. The van der Waals surface area contributed by atoms with Gasteiger partial charge in [0.25, 0.3) is 5.91 Å². The van der Waals surface area contributed by atoms with Gasteiger partial charge < -0.3 is 15.3 Å². The number of halogens is 2. The molecular weight excluding hydrogens is 405 g/mol. The average Bonchev–Trinajstić information content (AvgIpc) is 2.80. The van der Waals surface area contributed by atoms with E-state index in [-0.39, 0.29) is 11.6 Å². The maximum Gasteiger partial charge on any atom is 0.323 e. The summed E-state index contributed by atoms with van der Waals surface area (Å²) in [6.45, 7) is 0. The Balaban J connectivity index is 1.92. The molecule has 0 unspecified atom stereocenters. The molecule has 2 aromatic carbocycles. The second-order valence-electron chi connectivity index (χ2n) is 4.42. The van der Waals surface area contributed by atoms with Crippen molar-refractivity contribution >= 4 is 56.8 Å². The van der Waals surface area contributed by atoms with Crippen molar-refractivity contribution in [2.24, 2.45) is 0 Å². The zero-order chi connectivity index (χ0) is 15.0. The molecule has 0 fully saturated rings. The number of rotatable bonds is 2. The number of hydrogen-bond acceptors (Lipinski definition) is 2. The number of nitrogens with one attached hydrogen (secondary N) is 3. The molecule has 0 saturated carbocycles. The highest BCUT2D eigenvalue weighted by molar-refractivity contribution is 14.1. The molecule has 0 aliphatic heterocycles. The highest BCUT2D eigenvalue weighted by Crippen LogP contribution is 2.21. The van der Waals surface area contributed by atoms with E-state index in [1.54, 1.807) is 30.3 Å². The number of H-pyrrole nitrogens is 2. The van der Waals surface area contributed by atoms with Gasteiger partial charge in [0.15, 0.2) is 0 Å². The Morgan fingerprint density at radius 2 is 1.86 bits per heavy atom. The first-order valence-electron chi connectivity index (χ1n) is 6.01. The highest BCUT2D eigenvalue weighted by atomic mass is 127. The van der Waals surface area contributed by atoms with E-state index in [0.29, 0.717) is 27.3 Å². The molecule has 1 amide bonds. The zero-order valence-electron chi connectivity index (χ0n) is 10.5. The first kappa shape index (κ1) is 14.2. The van der Waals surface area contributed by atoms with Crippen LogP contribution in [0.1, 0.15) is 10.4 Å². The number of aromatic nitrogens is 2. The molecule has 0 aliphatic carbocycles. The second kappa shape index (κ2) is 5.53. The molecule has 21 heavy (non-hydrogen) atoms. The fourth-order valence-electron chi connectivity index (χ4n) is 1.98. The Labute approximate surface area is 137 Å². The minimum absolute atomic E-state index is 0.283. The predicted molar refractivity (Wildman–Crippen MR) is 91.0 cm³/mol. The molecule has 0 radical (unpaired) electrons. The molecule has 0 saturated heterocycles. The molecule has 0 atom stereocenters. The molecule has 3 rings (SSSR count). The number of anilines is 1. The van der Waals surface area contributed by atoms with Gasteiger partial charge in [-0.3, -0.25) is 4.79 Å². The molecule has 1 heterocycles. The average molecular weight is 414 g/mol. The van der Waals surface area contributed by atoms with Gasteiger partial charge >= 0.3 is 5.69 Å². The fourth-order valence-corrected chi connectivity index (χ4v) is 2.67. The van der Waals surface area contributed by atoms with Crippen LogP contribution in [0.4, 0.5) is 5.69 Å². The summed E-state index contributed by atoms with van der Waals surface area (Å²) in [5.41, 5.74) is 2.02. The van der Waals surface area contributed by atoms with Gasteiger partial charge in [-0.2, -0.15) is 0 Å². The van der Waals surface area contributed by atoms with Gasteiger partial charge in [-0.1, -0.05) is 11.6 Å². The smallest absolute Gasteiger partial charge is 0.322 e. The van der Waals surface area contributed by atoms with Crippen molar-refractivity contribution in [3.05, 3.63) is 61.0 Å². The number of aromatic amines is 2. The Morgan fingerprint density at radius 3 is 2.67 bits per heavy atom. The lowest BCUT2D eigenvalue weighted by Crippen LogP contribution is -2.12. The van der Waals surface area contributed by atoms with Crippen LogP contribution in [0.2, 0.25) is 5.02 Å². The van der Waals surface area contributed by atoms with Crippen LogP contribution in [0, 0.1) is 3.57 Å². The Bertz CT molecular complexity index is 901. The van der Waals surface area contributed by atoms with Crippen LogP contribution in [0.3, 0.4) is 0 Å². The van der Waals surface area contributed by atoms with Crippen molar-refractivity contribution in [3.8, 4) is 0 Å². The standard InChI is InChI=1S/C14H9ClIN3O2/c15-10-3-1-7(16)5-9(10)13(20)17-8-2-4-11-12(6-8)19-14(21)18-11/h1-6H,(H,17,20)(H2,18,19,21). The van der Waals surface area contributed by atoms with E-state index in [0.717, 1.165) is 3.57 Å². The number of carbonyl (C=O) groups excluding carboxylic acids is 1. The maximum absolute atomic E-state index is 12.2. The summed E-state index contributed by atoms with van der Waals surface area (Å²) < 4.78 is 0.924. The molecule has 3 aromatic rings. The fraction of sp³-hybridized carbons (Fsp3) is 0. The summed E-state index contributed by atoms with van der Waals surface area (Å²) in [5, 5.41) is 3.16. The Morgan fingerprint density at radius 1 is 1.10 bits per heavy atom. The molecule has 7 heteroatoms. The quantitative estimate of drug-likeness (QED) is 0.563. The SMILES string of the molecule is O=C(Nc1ccc2[nH]c(=O)[nH]c2c1)c1cc(I)ccc1Cl. The van der Waals surface area contributed by atoms with Crippen molar-refractivity contribution in [3.63, 3.8) is 0 Å². The first-order chi connectivity index (χ1) is 10.0. The summed E-state index contributed by atoms with van der Waals surface area (Å²) in [6.07, 6.45) is 0. The lowest BCUT2D eigenvalue weighted by molar-refractivity contribution is 0.102. The van der Waals surface area contributed by atoms with E-state index in [4.69, 9.17) is 11.6 Å². The van der Waals surface area contributed by atoms with Crippen molar-refractivity contribution in [1.82, 2.24) is 9.97 Å². The van der Waals surface area contributed by atoms with Gasteiger partial charge in [-0.25, -0.2) is 4.79 Å². The van der Waals surface area contributed by atoms with E-state index in [1.807, 2.05) is 6.07 Å². The summed E-state index contributed by atoms with van der Waals surface area (Å²) in [4.78, 5) is 28.7. The summed E-state index contributed by atoms with van der Waals surface area (Å²) in [5.74, 6) is -0.296. The van der Waals surface area contributed by atoms with Crippen molar-refractivity contribution in [2.75, 3.05) is 5.32 Å². The lowest BCUT2D eigenvalue weighted by Gasteiger charge is -2.07. The largest absolute Gasteiger partial charge is 0.323 e. The molecule has 0 spiro atoms. The maximum atomic E-state index is 12.2. The van der Waals surface area contributed by atoms with Crippen LogP contribution < -0.4 is 11.0 Å². The van der Waals surface area contributed by atoms with E-state index in [1.165, 1.54) is 0 Å². The van der Waals surface area contributed by atoms with Crippen molar-refractivity contribution in [2.45, 2.75) is 0 Å². The molecular formula is C14H9ClIN3O2.